The van der Waals surface area contributed by atoms with Crippen LogP contribution in [0.5, 0.6) is 0 Å². The molecule has 0 aliphatic heterocycles. The van der Waals surface area contributed by atoms with Gasteiger partial charge < -0.3 is 16.0 Å². The molecule has 208 valence electrons. The van der Waals surface area contributed by atoms with Crippen molar-refractivity contribution in [3.05, 3.63) is 131 Å². The number of hydrogen-bond donors (Lipinski definition) is 3. The Hall–Kier alpha value is -4.47. The van der Waals surface area contributed by atoms with Crippen LogP contribution in [0.4, 0.5) is 20.2 Å². The number of halogens is 3. The number of anilines is 2. The van der Waals surface area contributed by atoms with Crippen LogP contribution in [-0.2, 0) is 9.59 Å². The third kappa shape index (κ3) is 8.03. The second-order valence-corrected chi connectivity index (χ2v) is 10.5. The molecule has 0 radical (unpaired) electrons. The molecule has 0 spiro atoms. The Bertz CT molecular complexity index is 1600. The van der Waals surface area contributed by atoms with Crippen molar-refractivity contribution in [3.63, 3.8) is 0 Å². The molecule has 0 aliphatic rings. The average molecular weight is 592 g/mol. The van der Waals surface area contributed by atoms with E-state index in [1.807, 2.05) is 0 Å². The van der Waals surface area contributed by atoms with Crippen molar-refractivity contribution in [2.24, 2.45) is 0 Å². The highest BCUT2D eigenvalue weighted by Gasteiger charge is 2.19. The van der Waals surface area contributed by atoms with Crippen molar-refractivity contribution in [2.75, 3.05) is 10.6 Å². The van der Waals surface area contributed by atoms with Gasteiger partial charge in [-0.1, -0.05) is 54.1 Å². The molecule has 0 saturated heterocycles. The van der Waals surface area contributed by atoms with Gasteiger partial charge in [-0.2, -0.15) is 0 Å². The Kier molecular flexibility index (Phi) is 9.89. The maximum Gasteiger partial charge on any atom is 0.272 e. The van der Waals surface area contributed by atoms with Crippen molar-refractivity contribution < 1.29 is 23.2 Å². The second-order valence-electron chi connectivity index (χ2n) is 8.72. The molecule has 0 aromatic heterocycles. The third-order valence-electron chi connectivity index (χ3n) is 5.72. The first-order valence-corrected chi connectivity index (χ1v) is 13.6. The number of rotatable bonds is 9. The van der Waals surface area contributed by atoms with Crippen molar-refractivity contribution in [2.45, 2.75) is 17.1 Å². The molecule has 0 heterocycles. The number of carbonyl (C=O) groups is 3. The number of carbonyl (C=O) groups excluding carboxylic acids is 3. The Morgan fingerprint density at radius 3 is 2.24 bits per heavy atom. The third-order valence-corrected chi connectivity index (χ3v) is 7.15. The van der Waals surface area contributed by atoms with Crippen LogP contribution in [0.15, 0.2) is 108 Å². The number of hydrogen-bond acceptors (Lipinski definition) is 4. The minimum absolute atomic E-state index is 0.0605. The number of para-hydroxylation sites is 1. The summed E-state index contributed by atoms with van der Waals surface area (Å²) < 4.78 is 28.4. The van der Waals surface area contributed by atoms with Gasteiger partial charge in [0.1, 0.15) is 17.3 Å². The van der Waals surface area contributed by atoms with E-state index in [2.05, 4.69) is 16.0 Å². The Morgan fingerprint density at radius 2 is 1.51 bits per heavy atom. The van der Waals surface area contributed by atoms with Gasteiger partial charge in [0.05, 0.1) is 16.0 Å². The lowest BCUT2D eigenvalue weighted by Gasteiger charge is -2.14. The second kappa shape index (κ2) is 13.7. The summed E-state index contributed by atoms with van der Waals surface area (Å²) in [6.07, 6.45) is 1.17. The maximum absolute atomic E-state index is 14.5. The van der Waals surface area contributed by atoms with Crippen LogP contribution in [-0.4, -0.2) is 23.0 Å². The lowest BCUT2D eigenvalue weighted by atomic mass is 10.1. The molecule has 3 amide bonds. The summed E-state index contributed by atoms with van der Waals surface area (Å²) in [6.45, 7) is 1.67. The molecular formula is C31H24ClF2N3O3S. The summed E-state index contributed by atoms with van der Waals surface area (Å²) in [5, 5.41) is 7.27. The van der Waals surface area contributed by atoms with Gasteiger partial charge in [-0.05, 0) is 67.6 Å². The van der Waals surface area contributed by atoms with Gasteiger partial charge in [0.2, 0.25) is 5.91 Å². The number of thioether (sulfide) groups is 1. The summed E-state index contributed by atoms with van der Waals surface area (Å²) in [5.74, 6) is -2.90. The Morgan fingerprint density at radius 1 is 0.829 bits per heavy atom. The lowest BCUT2D eigenvalue weighted by molar-refractivity contribution is -0.115. The van der Waals surface area contributed by atoms with Crippen LogP contribution < -0.4 is 16.0 Å². The van der Waals surface area contributed by atoms with Crippen LogP contribution in [0.3, 0.4) is 0 Å². The normalized spacial score (nSPS) is 11.9. The monoisotopic (exact) mass is 591 g/mol. The molecule has 0 aliphatic carbocycles. The van der Waals surface area contributed by atoms with Crippen molar-refractivity contribution in [1.82, 2.24) is 5.32 Å². The van der Waals surface area contributed by atoms with Gasteiger partial charge in [0, 0.05) is 21.7 Å². The molecule has 4 rings (SSSR count). The number of benzene rings is 4. The molecule has 10 heteroatoms. The zero-order valence-electron chi connectivity index (χ0n) is 21.7. The summed E-state index contributed by atoms with van der Waals surface area (Å²) >= 11 is 7.36. The van der Waals surface area contributed by atoms with Gasteiger partial charge in [-0.15, -0.1) is 11.8 Å². The van der Waals surface area contributed by atoms with Crippen LogP contribution in [0.2, 0.25) is 5.02 Å². The minimum atomic E-state index is -0.721. The fraction of sp³-hybridized carbons (Fsp3) is 0.0645. The molecule has 4 aromatic rings. The molecule has 6 nitrogen and oxygen atoms in total. The molecule has 0 fully saturated rings. The van der Waals surface area contributed by atoms with Crippen LogP contribution in [0.1, 0.15) is 22.8 Å². The number of amides is 3. The van der Waals surface area contributed by atoms with E-state index in [9.17, 15) is 23.2 Å². The molecule has 3 N–H and O–H groups in total. The zero-order valence-corrected chi connectivity index (χ0v) is 23.2. The molecule has 41 heavy (non-hydrogen) atoms. The van der Waals surface area contributed by atoms with Crippen LogP contribution in [0, 0.1) is 11.6 Å². The van der Waals surface area contributed by atoms with E-state index in [4.69, 9.17) is 11.6 Å². The van der Waals surface area contributed by atoms with Crippen molar-refractivity contribution in [1.29, 1.82) is 0 Å². The van der Waals surface area contributed by atoms with Gasteiger partial charge in [-0.3, -0.25) is 14.4 Å². The van der Waals surface area contributed by atoms with E-state index in [1.165, 1.54) is 54.2 Å². The predicted molar refractivity (Wildman–Crippen MR) is 159 cm³/mol. The largest absolute Gasteiger partial charge is 0.323 e. The van der Waals surface area contributed by atoms with E-state index in [0.717, 1.165) is 0 Å². The molecular weight excluding hydrogens is 568 g/mol. The first kappa shape index (κ1) is 29.5. The van der Waals surface area contributed by atoms with E-state index in [1.54, 1.807) is 67.6 Å². The quantitative estimate of drug-likeness (QED) is 0.143. The van der Waals surface area contributed by atoms with Crippen LogP contribution in [0.25, 0.3) is 6.08 Å². The minimum Gasteiger partial charge on any atom is -0.323 e. The van der Waals surface area contributed by atoms with E-state index < -0.39 is 34.6 Å². The number of nitrogens with one attached hydrogen (secondary N) is 3. The van der Waals surface area contributed by atoms with Gasteiger partial charge in [-0.25, -0.2) is 8.78 Å². The first-order chi connectivity index (χ1) is 19.7. The van der Waals surface area contributed by atoms with E-state index in [-0.39, 0.29) is 22.0 Å². The summed E-state index contributed by atoms with van der Waals surface area (Å²) in [4.78, 5) is 39.4. The zero-order chi connectivity index (χ0) is 29.4. The predicted octanol–water partition coefficient (Wildman–Crippen LogP) is 7.15. The van der Waals surface area contributed by atoms with Gasteiger partial charge in [0.15, 0.2) is 0 Å². The maximum atomic E-state index is 14.5. The SMILES string of the molecule is CC(Sc1cccc(NC(=O)/C(=C\c2c(F)cccc2Cl)NC(=O)c2ccccc2)c1)C(=O)Nc1ccccc1F. The van der Waals surface area contributed by atoms with Crippen LogP contribution >= 0.6 is 23.4 Å². The molecule has 0 bridgehead atoms. The van der Waals surface area contributed by atoms with Crippen molar-refractivity contribution in [3.8, 4) is 0 Å². The molecule has 4 aromatic carbocycles. The smallest absolute Gasteiger partial charge is 0.272 e. The highest BCUT2D eigenvalue weighted by molar-refractivity contribution is 8.00. The molecule has 1 atom stereocenters. The Labute approximate surface area is 244 Å². The summed E-state index contributed by atoms with van der Waals surface area (Å²) in [7, 11) is 0. The highest BCUT2D eigenvalue weighted by Crippen LogP contribution is 2.28. The fourth-order valence-corrected chi connectivity index (χ4v) is 4.78. The Balaban J connectivity index is 1.52. The van der Waals surface area contributed by atoms with Gasteiger partial charge >= 0.3 is 0 Å². The highest BCUT2D eigenvalue weighted by atomic mass is 35.5. The lowest BCUT2D eigenvalue weighted by Crippen LogP contribution is -2.30. The standard InChI is InChI=1S/C31H24ClF2N3O3S/c1-19(29(38)36-27-16-6-5-14-26(27)34)41-22-12-7-11-21(17-22)35-31(40)28(18-23-24(32)13-8-15-25(23)33)37-30(39)20-9-3-2-4-10-20/h2-19H,1H3,(H,35,40)(H,36,38)(H,37,39)/b28-18+. The fourth-order valence-electron chi connectivity index (χ4n) is 3.64. The van der Waals surface area contributed by atoms with Crippen molar-refractivity contribution >= 4 is 58.5 Å². The van der Waals surface area contributed by atoms with Gasteiger partial charge in [0.25, 0.3) is 11.8 Å². The summed E-state index contributed by atoms with van der Waals surface area (Å²) in [5.41, 5.74) is 0.444. The molecule has 1 unspecified atom stereocenters. The topological polar surface area (TPSA) is 87.3 Å². The average Bonchev–Trinajstić information content (AvgIpc) is 2.96. The van der Waals surface area contributed by atoms with E-state index >= 15 is 0 Å². The summed E-state index contributed by atoms with van der Waals surface area (Å²) in [6, 6.07) is 24.9. The van der Waals surface area contributed by atoms with E-state index in [0.29, 0.717) is 16.1 Å². The first-order valence-electron chi connectivity index (χ1n) is 12.4. The molecule has 0 saturated carbocycles.